The van der Waals surface area contributed by atoms with E-state index < -0.39 is 11.8 Å². The van der Waals surface area contributed by atoms with Gasteiger partial charge in [-0.05, 0) is 18.2 Å². The van der Waals surface area contributed by atoms with Gasteiger partial charge in [0.2, 0.25) is 0 Å². The first-order valence-electron chi connectivity index (χ1n) is 6.57. The number of nitrogens with one attached hydrogen (secondary N) is 2. The highest BCUT2D eigenvalue weighted by molar-refractivity contribution is 6.37. The number of nitrogens with zero attached hydrogens (tertiary/aromatic N) is 1. The summed E-state index contributed by atoms with van der Waals surface area (Å²) in [4.78, 5) is 18.6. The lowest BCUT2D eigenvalue weighted by atomic mass is 9.96. The molecule has 2 N–H and O–H groups in total. The van der Waals surface area contributed by atoms with Gasteiger partial charge in [-0.3, -0.25) is 0 Å². The maximum Gasteiger partial charge on any atom is 0.340 e. The van der Waals surface area contributed by atoms with E-state index in [1.54, 1.807) is 12.1 Å². The molecule has 0 aliphatic heterocycles. The van der Waals surface area contributed by atoms with Crippen LogP contribution < -0.4 is 10.8 Å². The van der Waals surface area contributed by atoms with Gasteiger partial charge in [0.15, 0.2) is 5.82 Å². The average molecular weight is 330 g/mol. The molecular formula is C15H10BClFN3O2. The Morgan fingerprint density at radius 2 is 2.22 bits per heavy atom. The standard InChI is InChI=1S/C15H10BClFN3O2/c1-23-15(22)8-5-11-14(20-6-19-11)12(18)13(8)21-10-3-2-7(16)4-9(10)17/h2-6,21H,1H3,(H,19,20). The summed E-state index contributed by atoms with van der Waals surface area (Å²) in [6, 6.07) is 6.18. The van der Waals surface area contributed by atoms with Gasteiger partial charge in [0.25, 0.3) is 0 Å². The molecule has 0 amide bonds. The van der Waals surface area contributed by atoms with Crippen molar-refractivity contribution in [1.29, 1.82) is 0 Å². The van der Waals surface area contributed by atoms with Gasteiger partial charge in [-0.2, -0.15) is 0 Å². The number of anilines is 2. The van der Waals surface area contributed by atoms with Crippen molar-refractivity contribution in [3.63, 3.8) is 0 Å². The fraction of sp³-hybridized carbons (Fsp3) is 0.0667. The SMILES string of the molecule is [B]c1ccc(Nc2c(C(=O)OC)cc3[nH]cnc3c2F)c(Cl)c1. The van der Waals surface area contributed by atoms with Gasteiger partial charge >= 0.3 is 5.97 Å². The minimum absolute atomic E-state index is 0.0228. The smallest absolute Gasteiger partial charge is 0.340 e. The van der Waals surface area contributed by atoms with Crippen molar-refractivity contribution in [3.05, 3.63) is 47.0 Å². The summed E-state index contributed by atoms with van der Waals surface area (Å²) < 4.78 is 19.4. The number of hydrogen-bond donors (Lipinski definition) is 2. The van der Waals surface area contributed by atoms with Crippen LogP contribution in [0.5, 0.6) is 0 Å². The zero-order chi connectivity index (χ0) is 16.6. The Bertz CT molecular complexity index is 913. The first-order valence-corrected chi connectivity index (χ1v) is 6.95. The third-order valence-electron chi connectivity index (χ3n) is 3.31. The van der Waals surface area contributed by atoms with E-state index >= 15 is 0 Å². The molecule has 0 bridgehead atoms. The number of aromatic amines is 1. The second-order valence-electron chi connectivity index (χ2n) is 4.77. The van der Waals surface area contributed by atoms with Crippen LogP contribution in [-0.4, -0.2) is 30.9 Å². The average Bonchev–Trinajstić information content (AvgIpc) is 3.00. The molecule has 3 aromatic rings. The van der Waals surface area contributed by atoms with Crippen molar-refractivity contribution >= 4 is 53.3 Å². The number of rotatable bonds is 3. The molecule has 2 aromatic carbocycles. The highest BCUT2D eigenvalue weighted by Gasteiger charge is 2.21. The summed E-state index contributed by atoms with van der Waals surface area (Å²) in [5.74, 6) is -1.37. The van der Waals surface area contributed by atoms with Crippen LogP contribution in [0.25, 0.3) is 11.0 Å². The van der Waals surface area contributed by atoms with Crippen molar-refractivity contribution in [2.24, 2.45) is 0 Å². The Hall–Kier alpha value is -2.54. The first kappa shape index (κ1) is 15.4. The Kier molecular flexibility index (Phi) is 3.96. The van der Waals surface area contributed by atoms with Gasteiger partial charge in [0, 0.05) is 0 Å². The lowest BCUT2D eigenvalue weighted by Crippen LogP contribution is -2.09. The van der Waals surface area contributed by atoms with E-state index in [0.29, 0.717) is 21.7 Å². The summed E-state index contributed by atoms with van der Waals surface area (Å²) in [6.45, 7) is 0. The molecule has 114 valence electrons. The fourth-order valence-electron chi connectivity index (χ4n) is 2.20. The number of carbonyl (C=O) groups is 1. The summed E-state index contributed by atoms with van der Waals surface area (Å²) in [6.07, 6.45) is 1.34. The molecule has 3 rings (SSSR count). The van der Waals surface area contributed by atoms with E-state index in [4.69, 9.17) is 24.2 Å². The molecule has 0 fully saturated rings. The summed E-state index contributed by atoms with van der Waals surface area (Å²) in [5, 5.41) is 3.11. The van der Waals surface area contributed by atoms with Gasteiger partial charge in [0.1, 0.15) is 13.4 Å². The highest BCUT2D eigenvalue weighted by atomic mass is 35.5. The number of imidazole rings is 1. The zero-order valence-electron chi connectivity index (χ0n) is 12.0. The van der Waals surface area contributed by atoms with Crippen molar-refractivity contribution in [2.45, 2.75) is 0 Å². The lowest BCUT2D eigenvalue weighted by Gasteiger charge is -2.14. The Morgan fingerprint density at radius 1 is 1.43 bits per heavy atom. The van der Waals surface area contributed by atoms with Crippen LogP contribution in [0.15, 0.2) is 30.6 Å². The minimum Gasteiger partial charge on any atom is -0.465 e. The minimum atomic E-state index is -0.686. The van der Waals surface area contributed by atoms with E-state index in [2.05, 4.69) is 15.3 Å². The molecule has 0 aliphatic carbocycles. The molecule has 1 aromatic heterocycles. The number of halogens is 2. The van der Waals surface area contributed by atoms with Crippen LogP contribution in [0.1, 0.15) is 10.4 Å². The van der Waals surface area contributed by atoms with Crippen LogP contribution in [0.4, 0.5) is 15.8 Å². The number of ether oxygens (including phenoxy) is 1. The molecule has 8 heteroatoms. The third kappa shape index (κ3) is 2.75. The maximum absolute atomic E-state index is 14.7. The normalized spacial score (nSPS) is 10.7. The molecule has 0 saturated carbocycles. The van der Waals surface area contributed by atoms with Crippen molar-refractivity contribution in [1.82, 2.24) is 9.97 Å². The molecule has 0 saturated heterocycles. The first-order chi connectivity index (χ1) is 11.0. The van der Waals surface area contributed by atoms with Gasteiger partial charge in [0.05, 0.1) is 40.9 Å². The van der Waals surface area contributed by atoms with Crippen LogP contribution in [-0.2, 0) is 4.74 Å². The number of aromatic nitrogens is 2. The van der Waals surface area contributed by atoms with Crippen LogP contribution in [0.3, 0.4) is 0 Å². The Labute approximate surface area is 137 Å². The van der Waals surface area contributed by atoms with E-state index in [9.17, 15) is 9.18 Å². The van der Waals surface area contributed by atoms with E-state index in [0.717, 1.165) is 0 Å². The number of methoxy groups -OCH3 is 1. The summed E-state index contributed by atoms with van der Waals surface area (Å²) in [5.41, 5.74) is 1.32. The van der Waals surface area contributed by atoms with Gasteiger partial charge in [-0.25, -0.2) is 14.2 Å². The van der Waals surface area contributed by atoms with Crippen LogP contribution in [0, 0.1) is 5.82 Å². The topological polar surface area (TPSA) is 67.0 Å². The van der Waals surface area contributed by atoms with Crippen LogP contribution in [0.2, 0.25) is 5.02 Å². The zero-order valence-corrected chi connectivity index (χ0v) is 12.7. The number of hydrogen-bond acceptors (Lipinski definition) is 4. The molecule has 5 nitrogen and oxygen atoms in total. The maximum atomic E-state index is 14.7. The quantitative estimate of drug-likeness (QED) is 0.573. The number of H-pyrrole nitrogens is 1. The molecule has 0 atom stereocenters. The third-order valence-corrected chi connectivity index (χ3v) is 3.63. The summed E-state index contributed by atoms with van der Waals surface area (Å²) in [7, 11) is 6.86. The number of carbonyl (C=O) groups excluding carboxylic acids is 1. The second kappa shape index (κ2) is 5.93. The molecule has 2 radical (unpaired) electrons. The molecule has 1 heterocycles. The van der Waals surface area contributed by atoms with Gasteiger partial charge in [-0.1, -0.05) is 23.1 Å². The predicted octanol–water partition coefficient (Wildman–Crippen LogP) is 2.68. The predicted molar refractivity (Wildman–Crippen MR) is 87.5 cm³/mol. The lowest BCUT2D eigenvalue weighted by molar-refractivity contribution is 0.0601. The van der Waals surface area contributed by atoms with Crippen molar-refractivity contribution < 1.29 is 13.9 Å². The van der Waals surface area contributed by atoms with Crippen molar-refractivity contribution in [3.8, 4) is 0 Å². The Balaban J connectivity index is 2.17. The molecule has 0 aliphatic rings. The van der Waals surface area contributed by atoms with E-state index in [1.807, 2.05) is 0 Å². The monoisotopic (exact) mass is 329 g/mol. The molecule has 23 heavy (non-hydrogen) atoms. The molecular weight excluding hydrogens is 319 g/mol. The highest BCUT2D eigenvalue weighted by Crippen LogP contribution is 2.32. The van der Waals surface area contributed by atoms with Crippen LogP contribution >= 0.6 is 11.6 Å². The fourth-order valence-corrected chi connectivity index (χ4v) is 2.44. The van der Waals surface area contributed by atoms with Gasteiger partial charge < -0.3 is 15.0 Å². The number of esters is 1. The van der Waals surface area contributed by atoms with E-state index in [1.165, 1.54) is 25.6 Å². The number of fused-ring (bicyclic) bond motifs is 1. The number of benzene rings is 2. The van der Waals surface area contributed by atoms with Gasteiger partial charge in [-0.15, -0.1) is 0 Å². The van der Waals surface area contributed by atoms with E-state index in [-0.39, 0.29) is 16.8 Å². The molecule has 0 spiro atoms. The molecule has 0 unspecified atom stereocenters. The summed E-state index contributed by atoms with van der Waals surface area (Å²) >= 11 is 6.09. The Morgan fingerprint density at radius 3 is 2.91 bits per heavy atom. The second-order valence-corrected chi connectivity index (χ2v) is 5.17. The largest absolute Gasteiger partial charge is 0.465 e. The van der Waals surface area contributed by atoms with Crippen molar-refractivity contribution in [2.75, 3.05) is 12.4 Å².